The minimum absolute atomic E-state index is 0.130. The molecule has 0 fully saturated rings. The Morgan fingerprint density at radius 3 is 2.95 bits per heavy atom. The van der Waals surface area contributed by atoms with Crippen LogP contribution >= 0.6 is 11.6 Å². The van der Waals surface area contributed by atoms with E-state index in [2.05, 4.69) is 15.3 Å². The Hall–Kier alpha value is -2.14. The van der Waals surface area contributed by atoms with Gasteiger partial charge in [0.1, 0.15) is 5.15 Å². The summed E-state index contributed by atoms with van der Waals surface area (Å²) < 4.78 is 0. The number of rotatable bonds is 3. The molecule has 2 aromatic rings. The maximum atomic E-state index is 12.1. The highest BCUT2D eigenvalue weighted by Crippen LogP contribution is 2.17. The molecule has 6 heteroatoms. The van der Waals surface area contributed by atoms with Crippen LogP contribution < -0.4 is 11.1 Å². The summed E-state index contributed by atoms with van der Waals surface area (Å²) in [5.41, 5.74) is 7.16. The molecule has 0 aliphatic carbocycles. The Morgan fingerprint density at radius 1 is 1.47 bits per heavy atom. The number of nitrogen functional groups attached to an aromatic ring is 1. The molecule has 2 heterocycles. The number of hydrogen-bond acceptors (Lipinski definition) is 4. The highest BCUT2D eigenvalue weighted by atomic mass is 35.5. The average molecular weight is 277 g/mol. The van der Waals surface area contributed by atoms with Crippen molar-refractivity contribution in [1.29, 1.82) is 0 Å². The number of anilines is 1. The van der Waals surface area contributed by atoms with Gasteiger partial charge in [-0.05, 0) is 24.6 Å². The maximum Gasteiger partial charge on any atom is 0.254 e. The molecule has 0 bridgehead atoms. The average Bonchev–Trinajstić information content (AvgIpc) is 2.42. The van der Waals surface area contributed by atoms with Crippen LogP contribution in [0.3, 0.4) is 0 Å². The number of carbonyl (C=O) groups is 1. The first-order valence-corrected chi connectivity index (χ1v) is 6.07. The third-order valence-electron chi connectivity index (χ3n) is 2.64. The predicted octanol–water partition coefficient (Wildman–Crippen LogP) is 2.20. The van der Waals surface area contributed by atoms with Gasteiger partial charge in [0.25, 0.3) is 5.91 Å². The Morgan fingerprint density at radius 2 is 2.26 bits per heavy atom. The van der Waals surface area contributed by atoms with Gasteiger partial charge in [-0.3, -0.25) is 9.78 Å². The van der Waals surface area contributed by atoms with Gasteiger partial charge in [0.15, 0.2) is 0 Å². The summed E-state index contributed by atoms with van der Waals surface area (Å²) >= 11 is 5.88. The van der Waals surface area contributed by atoms with E-state index in [-0.39, 0.29) is 22.7 Å². The van der Waals surface area contributed by atoms with Crippen LogP contribution in [-0.2, 0) is 0 Å². The molecule has 0 aliphatic rings. The van der Waals surface area contributed by atoms with Crippen molar-refractivity contribution in [3.8, 4) is 0 Å². The van der Waals surface area contributed by atoms with Gasteiger partial charge in [0.2, 0.25) is 0 Å². The lowest BCUT2D eigenvalue weighted by atomic mass is 10.1. The Kier molecular flexibility index (Phi) is 3.97. The molecule has 0 aliphatic heterocycles. The van der Waals surface area contributed by atoms with Gasteiger partial charge in [-0.25, -0.2) is 4.98 Å². The van der Waals surface area contributed by atoms with Crippen LogP contribution in [0.1, 0.15) is 28.9 Å². The van der Waals surface area contributed by atoms with Gasteiger partial charge >= 0.3 is 0 Å². The Bertz CT molecular complexity index is 588. The van der Waals surface area contributed by atoms with Gasteiger partial charge in [0.05, 0.1) is 23.5 Å². The number of amides is 1. The van der Waals surface area contributed by atoms with Crippen molar-refractivity contribution in [1.82, 2.24) is 15.3 Å². The van der Waals surface area contributed by atoms with E-state index in [4.69, 9.17) is 17.3 Å². The fourth-order valence-corrected chi connectivity index (χ4v) is 1.80. The first kappa shape index (κ1) is 13.3. The largest absolute Gasteiger partial charge is 0.397 e. The molecule has 0 radical (unpaired) electrons. The van der Waals surface area contributed by atoms with Gasteiger partial charge in [-0.2, -0.15) is 0 Å². The third-order valence-corrected chi connectivity index (χ3v) is 2.94. The molecule has 98 valence electrons. The Balaban J connectivity index is 2.15. The van der Waals surface area contributed by atoms with E-state index < -0.39 is 0 Å². The summed E-state index contributed by atoms with van der Waals surface area (Å²) in [5, 5.41) is 2.95. The summed E-state index contributed by atoms with van der Waals surface area (Å²) in [6, 6.07) is 5.02. The van der Waals surface area contributed by atoms with Crippen molar-refractivity contribution in [2.45, 2.75) is 13.0 Å². The fraction of sp³-hybridized carbons (Fsp3) is 0.154. The number of nitrogens with two attached hydrogens (primary N) is 1. The van der Waals surface area contributed by atoms with Crippen LogP contribution in [-0.4, -0.2) is 15.9 Å². The first-order chi connectivity index (χ1) is 9.08. The molecule has 0 aromatic carbocycles. The van der Waals surface area contributed by atoms with Gasteiger partial charge in [-0.15, -0.1) is 0 Å². The van der Waals surface area contributed by atoms with E-state index in [0.29, 0.717) is 5.69 Å². The van der Waals surface area contributed by atoms with Crippen molar-refractivity contribution in [2.24, 2.45) is 0 Å². The fourth-order valence-electron chi connectivity index (χ4n) is 1.61. The molecule has 19 heavy (non-hydrogen) atoms. The standard InChI is InChI=1S/C13H13ClN4O/c1-8(9-3-2-4-16-6-9)18-13(19)11-5-10(15)7-17-12(11)14/h2-8H,15H2,1H3,(H,18,19). The zero-order chi connectivity index (χ0) is 13.8. The van der Waals surface area contributed by atoms with E-state index in [0.717, 1.165) is 5.56 Å². The number of halogens is 1. The van der Waals surface area contributed by atoms with Crippen molar-refractivity contribution < 1.29 is 4.79 Å². The minimum atomic E-state index is -0.318. The number of hydrogen-bond donors (Lipinski definition) is 2. The molecular formula is C13H13ClN4O. The zero-order valence-corrected chi connectivity index (χ0v) is 11.1. The molecule has 5 nitrogen and oxygen atoms in total. The lowest BCUT2D eigenvalue weighted by Gasteiger charge is -2.14. The van der Waals surface area contributed by atoms with Crippen LogP contribution in [0.5, 0.6) is 0 Å². The third kappa shape index (κ3) is 3.20. The quantitative estimate of drug-likeness (QED) is 0.842. The SMILES string of the molecule is CC(NC(=O)c1cc(N)cnc1Cl)c1cccnc1. The lowest BCUT2D eigenvalue weighted by Crippen LogP contribution is -2.27. The smallest absolute Gasteiger partial charge is 0.254 e. The number of nitrogens with one attached hydrogen (secondary N) is 1. The van der Waals surface area contributed by atoms with Crippen molar-refractivity contribution in [2.75, 3.05) is 5.73 Å². The van der Waals surface area contributed by atoms with Crippen LogP contribution in [0.15, 0.2) is 36.8 Å². The van der Waals surface area contributed by atoms with Crippen molar-refractivity contribution >= 4 is 23.2 Å². The van der Waals surface area contributed by atoms with E-state index in [1.807, 2.05) is 19.1 Å². The zero-order valence-electron chi connectivity index (χ0n) is 10.3. The number of nitrogens with zero attached hydrogens (tertiary/aromatic N) is 2. The highest BCUT2D eigenvalue weighted by Gasteiger charge is 2.15. The first-order valence-electron chi connectivity index (χ1n) is 5.69. The molecule has 3 N–H and O–H groups in total. The summed E-state index contributed by atoms with van der Waals surface area (Å²) in [7, 11) is 0. The molecule has 2 rings (SSSR count). The van der Waals surface area contributed by atoms with Gasteiger partial charge in [-0.1, -0.05) is 17.7 Å². The van der Waals surface area contributed by atoms with Crippen LogP contribution in [0, 0.1) is 0 Å². The number of aromatic nitrogens is 2. The van der Waals surface area contributed by atoms with E-state index in [9.17, 15) is 4.79 Å². The summed E-state index contributed by atoms with van der Waals surface area (Å²) in [5.74, 6) is -0.318. The molecular weight excluding hydrogens is 264 g/mol. The topological polar surface area (TPSA) is 80.9 Å². The molecule has 0 spiro atoms. The molecule has 0 saturated heterocycles. The second kappa shape index (κ2) is 5.67. The molecule has 1 amide bonds. The minimum Gasteiger partial charge on any atom is -0.397 e. The number of carbonyl (C=O) groups excluding carboxylic acids is 1. The van der Waals surface area contributed by atoms with Crippen LogP contribution in [0.2, 0.25) is 5.15 Å². The van der Waals surface area contributed by atoms with Gasteiger partial charge < -0.3 is 11.1 Å². The van der Waals surface area contributed by atoms with Crippen molar-refractivity contribution in [3.05, 3.63) is 53.1 Å². The highest BCUT2D eigenvalue weighted by molar-refractivity contribution is 6.32. The monoisotopic (exact) mass is 276 g/mol. The van der Waals surface area contributed by atoms with Crippen LogP contribution in [0.4, 0.5) is 5.69 Å². The molecule has 2 aromatic heterocycles. The van der Waals surface area contributed by atoms with E-state index in [1.54, 1.807) is 12.4 Å². The summed E-state index contributed by atoms with van der Waals surface area (Å²) in [6.45, 7) is 1.86. The molecule has 1 unspecified atom stereocenters. The van der Waals surface area contributed by atoms with Gasteiger partial charge in [0, 0.05) is 12.4 Å². The second-order valence-electron chi connectivity index (χ2n) is 4.09. The number of pyridine rings is 2. The predicted molar refractivity (Wildman–Crippen MR) is 73.8 cm³/mol. The molecule has 0 saturated carbocycles. The molecule has 1 atom stereocenters. The maximum absolute atomic E-state index is 12.1. The summed E-state index contributed by atoms with van der Waals surface area (Å²) in [4.78, 5) is 19.9. The van der Waals surface area contributed by atoms with Crippen molar-refractivity contribution in [3.63, 3.8) is 0 Å². The van der Waals surface area contributed by atoms with E-state index in [1.165, 1.54) is 12.3 Å². The second-order valence-corrected chi connectivity index (χ2v) is 4.45. The van der Waals surface area contributed by atoms with Crippen LogP contribution in [0.25, 0.3) is 0 Å². The normalized spacial score (nSPS) is 11.9. The van der Waals surface area contributed by atoms with E-state index >= 15 is 0 Å². The summed E-state index contributed by atoms with van der Waals surface area (Å²) in [6.07, 6.45) is 4.78. The lowest BCUT2D eigenvalue weighted by molar-refractivity contribution is 0.0939. The Labute approximate surface area is 115 Å².